The monoisotopic (exact) mass is 239 g/mol. The third kappa shape index (κ3) is 3.39. The van der Waals surface area contributed by atoms with Crippen molar-refractivity contribution in [2.24, 2.45) is 5.73 Å². The van der Waals surface area contributed by atoms with Gasteiger partial charge in [-0.25, -0.2) is 4.98 Å². The molecule has 96 valence electrons. The summed E-state index contributed by atoms with van der Waals surface area (Å²) in [6.45, 7) is 3.94. The number of nitrogens with one attached hydrogen (secondary N) is 1. The number of hydrogen-bond acceptors (Lipinski definition) is 5. The number of aryl methyl sites for hydroxylation is 1. The van der Waals surface area contributed by atoms with Crippen molar-refractivity contribution in [2.75, 3.05) is 18.5 Å². The molecule has 0 aliphatic rings. The van der Waals surface area contributed by atoms with Gasteiger partial charge in [-0.2, -0.15) is 0 Å². The average molecular weight is 239 g/mol. The van der Waals surface area contributed by atoms with Crippen LogP contribution in [0.1, 0.15) is 24.6 Å². The summed E-state index contributed by atoms with van der Waals surface area (Å²) < 4.78 is 0. The summed E-state index contributed by atoms with van der Waals surface area (Å²) in [7, 11) is 0. The normalized spacial score (nSPS) is 11.6. The molecule has 5 N–H and O–H groups in total. The van der Waals surface area contributed by atoms with Crippen molar-refractivity contribution in [3.05, 3.63) is 23.4 Å². The van der Waals surface area contributed by atoms with Gasteiger partial charge >= 0.3 is 0 Å². The van der Waals surface area contributed by atoms with Crippen LogP contribution in [-0.2, 0) is 6.54 Å². The molecule has 0 radical (unpaired) electrons. The first-order valence-electron chi connectivity index (χ1n) is 5.76. The Morgan fingerprint density at radius 2 is 2.00 bits per heavy atom. The second-order valence-corrected chi connectivity index (χ2v) is 4.28. The van der Waals surface area contributed by atoms with E-state index >= 15 is 0 Å². The highest BCUT2D eigenvalue weighted by atomic mass is 16.3. The summed E-state index contributed by atoms with van der Waals surface area (Å²) in [5.41, 5.74) is 6.70. The van der Waals surface area contributed by atoms with Gasteiger partial charge in [0.2, 0.25) is 0 Å². The minimum Gasteiger partial charge on any atom is -0.394 e. The fourth-order valence-corrected chi connectivity index (χ4v) is 1.63. The number of rotatable bonds is 6. The van der Waals surface area contributed by atoms with Gasteiger partial charge in [0.05, 0.1) is 18.8 Å². The van der Waals surface area contributed by atoms with Crippen LogP contribution in [0.15, 0.2) is 12.1 Å². The van der Waals surface area contributed by atoms with Crippen LogP contribution in [0.3, 0.4) is 0 Å². The van der Waals surface area contributed by atoms with Gasteiger partial charge in [-0.15, -0.1) is 0 Å². The minimum atomic E-state index is -0.730. The number of aromatic nitrogens is 1. The van der Waals surface area contributed by atoms with Gasteiger partial charge in [0.25, 0.3) is 0 Å². The zero-order valence-electron chi connectivity index (χ0n) is 10.4. The van der Waals surface area contributed by atoms with Crippen LogP contribution in [0.2, 0.25) is 0 Å². The lowest BCUT2D eigenvalue weighted by molar-refractivity contribution is 0.132. The van der Waals surface area contributed by atoms with E-state index in [0.717, 1.165) is 11.3 Å². The van der Waals surface area contributed by atoms with Crippen molar-refractivity contribution in [3.8, 4) is 0 Å². The molecular formula is C12H21N3O2. The number of pyridine rings is 1. The van der Waals surface area contributed by atoms with Gasteiger partial charge in [-0.1, -0.05) is 6.92 Å². The molecule has 17 heavy (non-hydrogen) atoms. The van der Waals surface area contributed by atoms with Crippen LogP contribution >= 0.6 is 0 Å². The molecule has 0 saturated heterocycles. The Hall–Kier alpha value is -1.17. The van der Waals surface area contributed by atoms with Crippen molar-refractivity contribution in [3.63, 3.8) is 0 Å². The van der Waals surface area contributed by atoms with E-state index < -0.39 is 5.54 Å². The van der Waals surface area contributed by atoms with E-state index in [2.05, 4.69) is 10.3 Å². The molecule has 0 bridgehead atoms. The van der Waals surface area contributed by atoms with Gasteiger partial charge in [0.1, 0.15) is 5.82 Å². The second-order valence-electron chi connectivity index (χ2n) is 4.28. The number of anilines is 1. The van der Waals surface area contributed by atoms with Gasteiger partial charge in [0.15, 0.2) is 0 Å². The lowest BCUT2D eigenvalue weighted by Crippen LogP contribution is -2.45. The molecule has 0 atom stereocenters. The smallest absolute Gasteiger partial charge is 0.127 e. The lowest BCUT2D eigenvalue weighted by atomic mass is 9.98. The predicted octanol–water partition coefficient (Wildman–Crippen LogP) is 0.394. The zero-order valence-corrected chi connectivity index (χ0v) is 10.4. The molecule has 5 heteroatoms. The fraction of sp³-hybridized carbons (Fsp3) is 0.583. The van der Waals surface area contributed by atoms with Crippen molar-refractivity contribution < 1.29 is 10.2 Å². The first-order chi connectivity index (χ1) is 8.09. The largest absolute Gasteiger partial charge is 0.394 e. The zero-order chi connectivity index (χ0) is 12.9. The molecule has 1 rings (SSSR count). The molecular weight excluding hydrogens is 218 g/mol. The van der Waals surface area contributed by atoms with Gasteiger partial charge in [0, 0.05) is 12.2 Å². The van der Waals surface area contributed by atoms with Crippen LogP contribution in [0.5, 0.6) is 0 Å². The van der Waals surface area contributed by atoms with E-state index in [-0.39, 0.29) is 13.2 Å². The molecule has 1 heterocycles. The summed E-state index contributed by atoms with van der Waals surface area (Å²) in [4.78, 5) is 4.32. The molecule has 0 aliphatic heterocycles. The van der Waals surface area contributed by atoms with Gasteiger partial charge in [-0.3, -0.25) is 0 Å². The SMILES string of the molecule is CCC(CO)(CO)Nc1cc(CN)cc(C)n1. The molecule has 0 saturated carbocycles. The highest BCUT2D eigenvalue weighted by molar-refractivity contribution is 5.42. The molecule has 0 fully saturated rings. The van der Waals surface area contributed by atoms with E-state index in [4.69, 9.17) is 5.73 Å². The highest BCUT2D eigenvalue weighted by Crippen LogP contribution is 2.18. The Morgan fingerprint density at radius 1 is 1.35 bits per heavy atom. The van der Waals surface area contributed by atoms with Crippen molar-refractivity contribution in [1.82, 2.24) is 4.98 Å². The molecule has 0 unspecified atom stereocenters. The predicted molar refractivity (Wildman–Crippen MR) is 67.7 cm³/mol. The maximum absolute atomic E-state index is 9.36. The quantitative estimate of drug-likeness (QED) is 0.576. The number of nitrogens with two attached hydrogens (primary N) is 1. The topological polar surface area (TPSA) is 91.4 Å². The van der Waals surface area contributed by atoms with Crippen LogP contribution in [0.25, 0.3) is 0 Å². The maximum Gasteiger partial charge on any atom is 0.127 e. The van der Waals surface area contributed by atoms with E-state index in [1.165, 1.54) is 0 Å². The van der Waals surface area contributed by atoms with E-state index in [1.807, 2.05) is 26.0 Å². The number of aliphatic hydroxyl groups is 2. The molecule has 0 aromatic carbocycles. The summed E-state index contributed by atoms with van der Waals surface area (Å²) >= 11 is 0. The fourth-order valence-electron chi connectivity index (χ4n) is 1.63. The maximum atomic E-state index is 9.36. The molecule has 0 amide bonds. The Labute approximate surface area is 102 Å². The average Bonchev–Trinajstić information content (AvgIpc) is 2.35. The third-order valence-electron chi connectivity index (χ3n) is 2.92. The number of hydrogen-bond donors (Lipinski definition) is 4. The molecule has 5 nitrogen and oxygen atoms in total. The van der Waals surface area contributed by atoms with Gasteiger partial charge < -0.3 is 21.3 Å². The Balaban J connectivity index is 2.96. The number of nitrogens with zero attached hydrogens (tertiary/aromatic N) is 1. The van der Waals surface area contributed by atoms with Gasteiger partial charge in [-0.05, 0) is 31.0 Å². The first-order valence-corrected chi connectivity index (χ1v) is 5.76. The van der Waals surface area contributed by atoms with Crippen molar-refractivity contribution >= 4 is 5.82 Å². The third-order valence-corrected chi connectivity index (χ3v) is 2.92. The minimum absolute atomic E-state index is 0.145. The van der Waals surface area contributed by atoms with E-state index in [1.54, 1.807) is 0 Å². The van der Waals surface area contributed by atoms with Crippen LogP contribution < -0.4 is 11.1 Å². The Bertz CT molecular complexity index is 357. The Morgan fingerprint density at radius 3 is 2.47 bits per heavy atom. The highest BCUT2D eigenvalue weighted by Gasteiger charge is 2.26. The molecule has 0 spiro atoms. The molecule has 1 aromatic rings. The summed E-state index contributed by atoms with van der Waals surface area (Å²) in [6.07, 6.45) is 0.605. The standard InChI is InChI=1S/C12H21N3O2/c1-3-12(7-16,8-17)15-11-5-10(6-13)4-9(2)14-11/h4-5,16-17H,3,6-8,13H2,1-2H3,(H,14,15). The number of aliphatic hydroxyl groups excluding tert-OH is 2. The summed E-state index contributed by atoms with van der Waals surface area (Å²) in [6, 6.07) is 3.75. The lowest BCUT2D eigenvalue weighted by Gasteiger charge is -2.30. The van der Waals surface area contributed by atoms with Crippen LogP contribution in [-0.4, -0.2) is 33.9 Å². The van der Waals surface area contributed by atoms with Crippen molar-refractivity contribution in [2.45, 2.75) is 32.4 Å². The second kappa shape index (κ2) is 5.95. The van der Waals surface area contributed by atoms with E-state index in [0.29, 0.717) is 18.8 Å². The van der Waals surface area contributed by atoms with Crippen LogP contribution in [0, 0.1) is 6.92 Å². The summed E-state index contributed by atoms with van der Waals surface area (Å²) in [5, 5.41) is 21.8. The van der Waals surface area contributed by atoms with E-state index in [9.17, 15) is 10.2 Å². The first kappa shape index (κ1) is 13.9. The Kier molecular flexibility index (Phi) is 4.86. The molecule has 0 aliphatic carbocycles. The summed E-state index contributed by atoms with van der Waals surface area (Å²) in [5.74, 6) is 0.635. The van der Waals surface area contributed by atoms with Crippen molar-refractivity contribution in [1.29, 1.82) is 0 Å². The molecule has 1 aromatic heterocycles. The van der Waals surface area contributed by atoms with Crippen LogP contribution in [0.4, 0.5) is 5.82 Å².